The van der Waals surface area contributed by atoms with Gasteiger partial charge in [-0.15, -0.1) is 11.3 Å². The zero-order valence-electron chi connectivity index (χ0n) is 20.1. The van der Waals surface area contributed by atoms with E-state index in [9.17, 15) is 0 Å². The van der Waals surface area contributed by atoms with Crippen LogP contribution in [0.2, 0.25) is 0 Å². The number of nitrogens with zero attached hydrogens (tertiary/aromatic N) is 2. The number of H-pyrrole nitrogens is 2. The number of aromatic nitrogens is 4. The van der Waals surface area contributed by atoms with Crippen LogP contribution >= 0.6 is 11.3 Å². The van der Waals surface area contributed by atoms with Gasteiger partial charge in [-0.05, 0) is 73.5 Å². The van der Waals surface area contributed by atoms with Gasteiger partial charge in [-0.1, -0.05) is 37.3 Å². The first-order chi connectivity index (χ1) is 17.1. The molecule has 4 unspecified atom stereocenters. The molecule has 0 aliphatic carbocycles. The van der Waals surface area contributed by atoms with E-state index in [1.165, 1.54) is 28.0 Å². The van der Waals surface area contributed by atoms with Gasteiger partial charge in [0.15, 0.2) is 0 Å². The first-order valence-corrected chi connectivity index (χ1v) is 13.5. The van der Waals surface area contributed by atoms with Crippen molar-refractivity contribution >= 4 is 32.7 Å². The van der Waals surface area contributed by atoms with Crippen LogP contribution in [0, 0.1) is 5.92 Å². The second-order valence-electron chi connectivity index (χ2n) is 10.4. The SMILES string of the molecule is CC1CNC(c2nc3sc(-c4ccc(-c5ccc6nc(C7CCC(C)N7)[nH]c6c5)cc4)cc3[nH]2)C1. The summed E-state index contributed by atoms with van der Waals surface area (Å²) in [7, 11) is 0. The van der Waals surface area contributed by atoms with E-state index in [1.807, 2.05) is 0 Å². The van der Waals surface area contributed by atoms with Crippen molar-refractivity contribution in [2.75, 3.05) is 6.54 Å². The van der Waals surface area contributed by atoms with E-state index in [4.69, 9.17) is 9.97 Å². The first-order valence-electron chi connectivity index (χ1n) is 12.7. The predicted molar refractivity (Wildman–Crippen MR) is 144 cm³/mol. The van der Waals surface area contributed by atoms with Crippen molar-refractivity contribution < 1.29 is 0 Å². The molecule has 5 aromatic rings. The van der Waals surface area contributed by atoms with Crippen molar-refractivity contribution in [3.05, 3.63) is 60.2 Å². The summed E-state index contributed by atoms with van der Waals surface area (Å²) in [6, 6.07) is 18.9. The fourth-order valence-corrected chi connectivity index (χ4v) is 6.60. The van der Waals surface area contributed by atoms with Gasteiger partial charge in [-0.2, -0.15) is 0 Å². The lowest BCUT2D eigenvalue weighted by Crippen LogP contribution is -2.21. The third-order valence-corrected chi connectivity index (χ3v) is 8.66. The average molecular weight is 483 g/mol. The van der Waals surface area contributed by atoms with Crippen LogP contribution in [0.15, 0.2) is 48.5 Å². The molecule has 6 nitrogen and oxygen atoms in total. The summed E-state index contributed by atoms with van der Waals surface area (Å²) in [6.45, 7) is 5.60. The maximum atomic E-state index is 4.89. The Bertz CT molecular complexity index is 1480. The van der Waals surface area contributed by atoms with Crippen LogP contribution in [-0.4, -0.2) is 32.5 Å². The third kappa shape index (κ3) is 3.88. The highest BCUT2D eigenvalue weighted by Crippen LogP contribution is 2.36. The minimum atomic E-state index is 0.334. The number of aromatic amines is 2. The quantitative estimate of drug-likeness (QED) is 0.242. The van der Waals surface area contributed by atoms with Crippen molar-refractivity contribution in [1.29, 1.82) is 0 Å². The lowest BCUT2D eigenvalue weighted by atomic mass is 10.0. The molecule has 0 amide bonds. The van der Waals surface area contributed by atoms with Crippen LogP contribution in [0.3, 0.4) is 0 Å². The number of thiophene rings is 1. The van der Waals surface area contributed by atoms with Crippen LogP contribution < -0.4 is 10.6 Å². The van der Waals surface area contributed by atoms with Gasteiger partial charge in [0.1, 0.15) is 16.5 Å². The molecule has 3 aromatic heterocycles. The van der Waals surface area contributed by atoms with Gasteiger partial charge >= 0.3 is 0 Å². The molecule has 5 heterocycles. The normalized spacial score (nSPS) is 24.7. The molecule has 0 bridgehead atoms. The van der Waals surface area contributed by atoms with E-state index in [0.717, 1.165) is 52.4 Å². The monoisotopic (exact) mass is 482 g/mol. The standard InChI is InChI=1S/C28H30N6S/c1-15-11-23(29-14-15)27-33-24-13-25(35-28(24)34-27)18-6-4-17(5-7-18)19-8-10-20-22(12-19)32-26(31-20)21-9-3-16(2)30-21/h4-8,10,12-13,15-16,21,23,29-30H,3,9,11,14H2,1-2H3,(H,31,32)(H,33,34). The van der Waals surface area contributed by atoms with Gasteiger partial charge in [0.25, 0.3) is 0 Å². The fraction of sp³-hybridized carbons (Fsp3) is 0.357. The maximum Gasteiger partial charge on any atom is 0.142 e. The van der Waals surface area contributed by atoms with Crippen molar-refractivity contribution in [3.8, 4) is 21.6 Å². The molecule has 4 N–H and O–H groups in total. The summed E-state index contributed by atoms with van der Waals surface area (Å²) in [5.41, 5.74) is 6.91. The Balaban J connectivity index is 1.12. The van der Waals surface area contributed by atoms with Crippen molar-refractivity contribution in [3.63, 3.8) is 0 Å². The Labute approximate surface area is 208 Å². The Hall–Kier alpha value is -3.00. The number of fused-ring (bicyclic) bond motifs is 2. The van der Waals surface area contributed by atoms with E-state index >= 15 is 0 Å². The molecule has 178 valence electrons. The van der Waals surface area contributed by atoms with E-state index in [-0.39, 0.29) is 0 Å². The van der Waals surface area contributed by atoms with Gasteiger partial charge in [0.2, 0.25) is 0 Å². The molecule has 0 radical (unpaired) electrons. The second kappa shape index (κ2) is 8.29. The van der Waals surface area contributed by atoms with Crippen LogP contribution in [0.4, 0.5) is 0 Å². The summed E-state index contributed by atoms with van der Waals surface area (Å²) in [5.74, 6) is 2.84. The largest absolute Gasteiger partial charge is 0.341 e. The summed E-state index contributed by atoms with van der Waals surface area (Å²) >= 11 is 1.76. The zero-order valence-corrected chi connectivity index (χ0v) is 20.9. The van der Waals surface area contributed by atoms with E-state index in [1.54, 1.807) is 11.3 Å². The molecule has 0 spiro atoms. The smallest absolute Gasteiger partial charge is 0.142 e. The number of hydrogen-bond donors (Lipinski definition) is 4. The second-order valence-corrected chi connectivity index (χ2v) is 11.4. The van der Waals surface area contributed by atoms with Gasteiger partial charge < -0.3 is 20.6 Å². The van der Waals surface area contributed by atoms with Crippen LogP contribution in [0.5, 0.6) is 0 Å². The number of rotatable bonds is 4. The molecule has 7 heteroatoms. The zero-order chi connectivity index (χ0) is 23.5. The molecular weight excluding hydrogens is 452 g/mol. The van der Waals surface area contributed by atoms with Gasteiger partial charge in [0.05, 0.1) is 28.6 Å². The number of nitrogens with one attached hydrogen (secondary N) is 4. The molecule has 4 atom stereocenters. The minimum absolute atomic E-state index is 0.334. The van der Waals surface area contributed by atoms with Gasteiger partial charge in [0, 0.05) is 10.9 Å². The molecule has 2 aliphatic heterocycles. The first kappa shape index (κ1) is 21.3. The molecular formula is C28H30N6S. The molecule has 0 saturated carbocycles. The molecule has 7 rings (SSSR count). The average Bonchev–Trinajstić information content (AvgIpc) is 3.66. The number of imidazole rings is 2. The van der Waals surface area contributed by atoms with Crippen molar-refractivity contribution in [2.24, 2.45) is 5.92 Å². The molecule has 2 saturated heterocycles. The fourth-order valence-electron chi connectivity index (χ4n) is 5.60. The van der Waals surface area contributed by atoms with Crippen LogP contribution in [0.1, 0.15) is 56.8 Å². The molecule has 2 fully saturated rings. The summed E-state index contributed by atoms with van der Waals surface area (Å²) in [4.78, 5) is 19.2. The van der Waals surface area contributed by atoms with E-state index in [2.05, 4.69) is 83.0 Å². The summed E-state index contributed by atoms with van der Waals surface area (Å²) in [5, 5.41) is 7.19. The van der Waals surface area contributed by atoms with Gasteiger partial charge in [-0.25, -0.2) is 9.97 Å². The molecule has 2 aliphatic rings. The Morgan fingerprint density at radius 1 is 0.800 bits per heavy atom. The van der Waals surface area contributed by atoms with Crippen molar-refractivity contribution in [2.45, 2.75) is 51.2 Å². The Morgan fingerprint density at radius 3 is 2.31 bits per heavy atom. The van der Waals surface area contributed by atoms with Gasteiger partial charge in [-0.3, -0.25) is 0 Å². The number of hydrogen-bond acceptors (Lipinski definition) is 5. The predicted octanol–water partition coefficient (Wildman–Crippen LogP) is 6.32. The van der Waals surface area contributed by atoms with E-state index in [0.29, 0.717) is 24.0 Å². The highest BCUT2D eigenvalue weighted by molar-refractivity contribution is 7.21. The highest BCUT2D eigenvalue weighted by atomic mass is 32.1. The Morgan fingerprint density at radius 2 is 1.57 bits per heavy atom. The van der Waals surface area contributed by atoms with Crippen LogP contribution in [0.25, 0.3) is 42.9 Å². The lowest BCUT2D eigenvalue weighted by molar-refractivity contribution is 0.565. The Kier molecular flexibility index (Phi) is 5.05. The highest BCUT2D eigenvalue weighted by Gasteiger charge is 2.26. The summed E-state index contributed by atoms with van der Waals surface area (Å²) in [6.07, 6.45) is 3.49. The minimum Gasteiger partial charge on any atom is -0.341 e. The lowest BCUT2D eigenvalue weighted by Gasteiger charge is -2.07. The van der Waals surface area contributed by atoms with E-state index < -0.39 is 0 Å². The van der Waals surface area contributed by atoms with Crippen molar-refractivity contribution in [1.82, 2.24) is 30.6 Å². The molecule has 35 heavy (non-hydrogen) atoms. The number of benzene rings is 2. The summed E-state index contributed by atoms with van der Waals surface area (Å²) < 4.78 is 0. The van der Waals surface area contributed by atoms with Crippen LogP contribution in [-0.2, 0) is 0 Å². The topological polar surface area (TPSA) is 81.4 Å². The maximum absolute atomic E-state index is 4.89. The molecule has 2 aromatic carbocycles. The third-order valence-electron chi connectivity index (χ3n) is 7.59.